The van der Waals surface area contributed by atoms with Gasteiger partial charge in [0, 0.05) is 43.8 Å². The van der Waals surface area contributed by atoms with Crippen molar-refractivity contribution >= 4 is 51.5 Å². The van der Waals surface area contributed by atoms with E-state index in [-0.39, 0.29) is 22.9 Å². The van der Waals surface area contributed by atoms with E-state index >= 15 is 0 Å². The number of fused-ring (bicyclic) bond motifs is 1. The molecular weight excluding hydrogens is 478 g/mol. The van der Waals surface area contributed by atoms with Gasteiger partial charge in [0.2, 0.25) is 5.91 Å². The fraction of sp³-hybridized carbons (Fsp3) is 0.261. The van der Waals surface area contributed by atoms with Gasteiger partial charge in [-0.15, -0.1) is 6.58 Å². The summed E-state index contributed by atoms with van der Waals surface area (Å²) in [6.45, 7) is 5.81. The number of carbonyl (C=O) groups is 1. The summed E-state index contributed by atoms with van der Waals surface area (Å²) in [4.78, 5) is 44.9. The molecule has 2 aromatic carbocycles. The molecule has 0 saturated carbocycles. The molecule has 4 rings (SSSR count). The number of para-hydroxylation sites is 1. The molecule has 0 radical (unpaired) electrons. The number of thioether (sulfide) groups is 1. The maximum Gasteiger partial charge on any atom is 0.294 e. The van der Waals surface area contributed by atoms with Crippen LogP contribution in [0.2, 0.25) is 5.02 Å². The summed E-state index contributed by atoms with van der Waals surface area (Å²) in [7, 11) is 0. The maximum atomic E-state index is 12.9. The van der Waals surface area contributed by atoms with E-state index in [2.05, 4.69) is 11.6 Å². The van der Waals surface area contributed by atoms with Gasteiger partial charge in [0.15, 0.2) is 5.16 Å². The predicted molar refractivity (Wildman–Crippen MR) is 134 cm³/mol. The number of piperazine rings is 1. The first-order valence-corrected chi connectivity index (χ1v) is 12.0. The zero-order chi connectivity index (χ0) is 24.2. The van der Waals surface area contributed by atoms with Crippen molar-refractivity contribution in [2.75, 3.05) is 36.8 Å². The standard InChI is InChI=1S/C23H22ClN5O4S/c1-2-9-28-22(31)17-5-3-4-6-18(17)25-23(28)34-15-21(30)27-12-10-26(11-13-27)19-8-7-16(24)14-20(19)29(32)33/h2-8,14H,1,9-13,15H2. The van der Waals surface area contributed by atoms with Gasteiger partial charge >= 0.3 is 0 Å². The minimum atomic E-state index is -0.450. The molecule has 0 bridgehead atoms. The van der Waals surface area contributed by atoms with E-state index in [1.54, 1.807) is 41.3 Å². The number of aromatic nitrogens is 2. The van der Waals surface area contributed by atoms with Crippen molar-refractivity contribution in [3.05, 3.63) is 80.6 Å². The van der Waals surface area contributed by atoms with E-state index in [0.29, 0.717) is 59.5 Å². The highest BCUT2D eigenvalue weighted by atomic mass is 35.5. The van der Waals surface area contributed by atoms with Crippen molar-refractivity contribution in [2.24, 2.45) is 0 Å². The Morgan fingerprint density at radius 3 is 2.65 bits per heavy atom. The number of carbonyl (C=O) groups excluding carboxylic acids is 1. The zero-order valence-electron chi connectivity index (χ0n) is 18.2. The summed E-state index contributed by atoms with van der Waals surface area (Å²) in [6, 6.07) is 11.7. The Morgan fingerprint density at radius 1 is 1.21 bits per heavy atom. The van der Waals surface area contributed by atoms with Gasteiger partial charge in [0.05, 0.1) is 21.6 Å². The molecule has 9 nitrogen and oxygen atoms in total. The van der Waals surface area contributed by atoms with Crippen LogP contribution in [0, 0.1) is 10.1 Å². The molecule has 176 valence electrons. The molecule has 1 amide bonds. The number of hydrogen-bond donors (Lipinski definition) is 0. The molecule has 0 N–H and O–H groups in total. The lowest BCUT2D eigenvalue weighted by Crippen LogP contribution is -2.49. The van der Waals surface area contributed by atoms with E-state index < -0.39 is 4.92 Å². The lowest BCUT2D eigenvalue weighted by Gasteiger charge is -2.35. The van der Waals surface area contributed by atoms with E-state index in [4.69, 9.17) is 11.6 Å². The Morgan fingerprint density at radius 2 is 1.94 bits per heavy atom. The molecule has 1 aliphatic rings. The number of rotatable bonds is 7. The molecular formula is C23H22ClN5O4S. The van der Waals surface area contributed by atoms with Crippen LogP contribution in [0.1, 0.15) is 0 Å². The lowest BCUT2D eigenvalue weighted by atomic mass is 10.2. The van der Waals surface area contributed by atoms with Gasteiger partial charge in [0.25, 0.3) is 11.2 Å². The highest BCUT2D eigenvalue weighted by Gasteiger charge is 2.26. The summed E-state index contributed by atoms with van der Waals surface area (Å²) < 4.78 is 1.52. The van der Waals surface area contributed by atoms with Crippen molar-refractivity contribution in [1.29, 1.82) is 0 Å². The fourth-order valence-corrected chi connectivity index (χ4v) is 4.95. The predicted octanol–water partition coefficient (Wildman–Crippen LogP) is 3.59. The molecule has 1 saturated heterocycles. The third-order valence-electron chi connectivity index (χ3n) is 5.57. The summed E-state index contributed by atoms with van der Waals surface area (Å²) in [5.41, 5.74) is 0.856. The molecule has 1 aromatic heterocycles. The van der Waals surface area contributed by atoms with Crippen LogP contribution in [-0.2, 0) is 11.3 Å². The summed E-state index contributed by atoms with van der Waals surface area (Å²) in [5, 5.41) is 12.7. The van der Waals surface area contributed by atoms with Gasteiger partial charge < -0.3 is 9.80 Å². The Balaban J connectivity index is 1.43. The van der Waals surface area contributed by atoms with Crippen LogP contribution in [0.3, 0.4) is 0 Å². The van der Waals surface area contributed by atoms with Gasteiger partial charge in [0.1, 0.15) is 5.69 Å². The highest BCUT2D eigenvalue weighted by molar-refractivity contribution is 7.99. The molecule has 11 heteroatoms. The number of halogens is 1. The molecule has 0 unspecified atom stereocenters. The minimum absolute atomic E-state index is 0.0506. The Labute approximate surface area is 204 Å². The topological polar surface area (TPSA) is 102 Å². The molecule has 0 atom stereocenters. The van der Waals surface area contributed by atoms with Crippen LogP contribution < -0.4 is 10.5 Å². The molecule has 34 heavy (non-hydrogen) atoms. The summed E-state index contributed by atoms with van der Waals surface area (Å²) in [6.07, 6.45) is 1.62. The SMILES string of the molecule is C=CCn1c(SCC(=O)N2CCN(c3ccc(Cl)cc3[N+](=O)[O-])CC2)nc2ccccc2c1=O. The third-order valence-corrected chi connectivity index (χ3v) is 6.77. The molecule has 0 spiro atoms. The Bertz CT molecular complexity index is 1320. The van der Waals surface area contributed by atoms with Gasteiger partial charge in [-0.3, -0.25) is 24.3 Å². The second kappa shape index (κ2) is 10.3. The quantitative estimate of drug-likeness (QED) is 0.161. The van der Waals surface area contributed by atoms with Crippen LogP contribution >= 0.6 is 23.4 Å². The zero-order valence-corrected chi connectivity index (χ0v) is 19.8. The van der Waals surface area contributed by atoms with Crippen LogP contribution in [-0.4, -0.2) is 57.2 Å². The molecule has 0 aliphatic carbocycles. The van der Waals surface area contributed by atoms with E-state index in [0.717, 1.165) is 0 Å². The average Bonchev–Trinajstić information content (AvgIpc) is 2.84. The van der Waals surface area contributed by atoms with Gasteiger partial charge in [-0.05, 0) is 24.3 Å². The second-order valence-corrected chi connectivity index (χ2v) is 9.04. The van der Waals surface area contributed by atoms with E-state index in [1.807, 2.05) is 11.0 Å². The first-order valence-electron chi connectivity index (χ1n) is 10.6. The van der Waals surface area contributed by atoms with Crippen LogP contribution in [0.5, 0.6) is 0 Å². The Hall–Kier alpha value is -3.37. The largest absolute Gasteiger partial charge is 0.362 e. The van der Waals surface area contributed by atoms with Crippen LogP contribution in [0.4, 0.5) is 11.4 Å². The maximum absolute atomic E-state index is 12.9. The van der Waals surface area contributed by atoms with Crippen molar-refractivity contribution < 1.29 is 9.72 Å². The monoisotopic (exact) mass is 499 g/mol. The number of nitro benzene ring substituents is 1. The number of hydrogen-bond acceptors (Lipinski definition) is 7. The van der Waals surface area contributed by atoms with Crippen molar-refractivity contribution in [3.8, 4) is 0 Å². The first-order chi connectivity index (χ1) is 16.4. The smallest absolute Gasteiger partial charge is 0.294 e. The van der Waals surface area contributed by atoms with Crippen molar-refractivity contribution in [1.82, 2.24) is 14.5 Å². The number of anilines is 1. The van der Waals surface area contributed by atoms with E-state index in [1.165, 1.54) is 22.4 Å². The van der Waals surface area contributed by atoms with Gasteiger partial charge in [-0.2, -0.15) is 0 Å². The molecule has 3 aromatic rings. The van der Waals surface area contributed by atoms with Crippen molar-refractivity contribution in [3.63, 3.8) is 0 Å². The van der Waals surface area contributed by atoms with Crippen molar-refractivity contribution in [2.45, 2.75) is 11.7 Å². The number of nitrogens with zero attached hydrogens (tertiary/aromatic N) is 5. The molecule has 1 fully saturated rings. The first kappa shape index (κ1) is 23.8. The van der Waals surface area contributed by atoms with Crippen LogP contribution in [0.15, 0.2) is 65.1 Å². The third kappa shape index (κ3) is 4.92. The number of allylic oxidation sites excluding steroid dienone is 1. The second-order valence-electron chi connectivity index (χ2n) is 7.66. The average molecular weight is 500 g/mol. The highest BCUT2D eigenvalue weighted by Crippen LogP contribution is 2.31. The number of amides is 1. The minimum Gasteiger partial charge on any atom is -0.362 e. The van der Waals surface area contributed by atoms with Gasteiger partial charge in [-0.25, -0.2) is 4.98 Å². The number of benzene rings is 2. The molecule has 2 heterocycles. The van der Waals surface area contributed by atoms with E-state index in [9.17, 15) is 19.7 Å². The Kier molecular flexibility index (Phi) is 7.18. The van der Waals surface area contributed by atoms with Gasteiger partial charge in [-0.1, -0.05) is 41.6 Å². The lowest BCUT2D eigenvalue weighted by molar-refractivity contribution is -0.384. The molecule has 1 aliphatic heterocycles. The van der Waals surface area contributed by atoms with Crippen LogP contribution in [0.25, 0.3) is 10.9 Å². The summed E-state index contributed by atoms with van der Waals surface area (Å²) in [5.74, 6) is 0.0473. The summed E-state index contributed by atoms with van der Waals surface area (Å²) >= 11 is 7.13. The fourth-order valence-electron chi connectivity index (χ4n) is 3.87. The number of nitro groups is 1. The normalized spacial score (nSPS) is 13.8.